The van der Waals surface area contributed by atoms with E-state index in [0.717, 1.165) is 61.6 Å². The Bertz CT molecular complexity index is 2710. The average Bonchev–Trinajstić information content (AvgIpc) is 3.85. The van der Waals surface area contributed by atoms with Crippen LogP contribution >= 0.6 is 0 Å². The normalized spacial score (nSPS) is 11.8. The van der Waals surface area contributed by atoms with Crippen LogP contribution in [0.15, 0.2) is 146 Å². The molecule has 0 saturated heterocycles. The molecule has 0 unspecified atom stereocenters. The zero-order valence-electron chi connectivity index (χ0n) is 29.0. The van der Waals surface area contributed by atoms with Crippen molar-refractivity contribution in [3.05, 3.63) is 163 Å². The van der Waals surface area contributed by atoms with Gasteiger partial charge in [0.15, 0.2) is 11.6 Å². The molecule has 5 aromatic carbocycles. The highest BCUT2D eigenvalue weighted by molar-refractivity contribution is 6.10. The van der Waals surface area contributed by atoms with Crippen molar-refractivity contribution in [3.63, 3.8) is 0 Å². The number of nitrogens with zero attached hydrogens (tertiary/aromatic N) is 7. The highest BCUT2D eigenvalue weighted by atomic mass is 15.3. The second kappa shape index (κ2) is 11.6. The van der Waals surface area contributed by atoms with Crippen LogP contribution in [-0.4, -0.2) is 33.9 Å². The third-order valence-corrected chi connectivity index (χ3v) is 10.1. The molecule has 248 valence electrons. The van der Waals surface area contributed by atoms with E-state index in [2.05, 4.69) is 168 Å². The van der Waals surface area contributed by atoms with Gasteiger partial charge in [-0.3, -0.25) is 14.5 Å². The first-order valence-electron chi connectivity index (χ1n) is 17.5. The quantitative estimate of drug-likeness (QED) is 0.183. The summed E-state index contributed by atoms with van der Waals surface area (Å²) in [6, 6.07) is 46.9. The van der Waals surface area contributed by atoms with Crippen molar-refractivity contribution in [2.45, 2.75) is 20.8 Å². The SMILES string of the molecule is Cc1cc(C)c(-n2c(-c3cc(-n4c5ccccc5c5ccccc54)ccn3)nnc2-c2cc(-n3c4ccccc4c4ccccc43)ccn2)c(C)c1. The lowest BCUT2D eigenvalue weighted by Gasteiger charge is -2.17. The summed E-state index contributed by atoms with van der Waals surface area (Å²) in [5.41, 5.74) is 12.5. The van der Waals surface area contributed by atoms with Crippen LogP contribution in [0.3, 0.4) is 0 Å². The Balaban J connectivity index is 1.20. The molecule has 0 amide bonds. The molecular weight excluding hydrogens is 639 g/mol. The smallest absolute Gasteiger partial charge is 0.187 e. The molecule has 0 aliphatic rings. The maximum absolute atomic E-state index is 4.92. The first-order valence-corrected chi connectivity index (χ1v) is 17.5. The van der Waals surface area contributed by atoms with Gasteiger partial charge in [0.2, 0.25) is 0 Å². The molecule has 0 bridgehead atoms. The van der Waals surface area contributed by atoms with Crippen LogP contribution in [0, 0.1) is 20.8 Å². The number of para-hydroxylation sites is 4. The Morgan fingerprint density at radius 2 is 0.769 bits per heavy atom. The molecule has 5 heterocycles. The van der Waals surface area contributed by atoms with Crippen molar-refractivity contribution in [2.24, 2.45) is 0 Å². The largest absolute Gasteiger partial charge is 0.309 e. The van der Waals surface area contributed by atoms with Gasteiger partial charge < -0.3 is 9.13 Å². The van der Waals surface area contributed by atoms with Gasteiger partial charge in [-0.25, -0.2) is 0 Å². The van der Waals surface area contributed by atoms with Gasteiger partial charge in [0, 0.05) is 45.3 Å². The summed E-state index contributed by atoms with van der Waals surface area (Å²) in [7, 11) is 0. The number of aromatic nitrogens is 7. The van der Waals surface area contributed by atoms with Crippen LogP contribution in [0.25, 0.3) is 83.7 Å². The summed E-state index contributed by atoms with van der Waals surface area (Å²) in [4.78, 5) is 9.83. The van der Waals surface area contributed by atoms with E-state index in [0.29, 0.717) is 11.6 Å². The Morgan fingerprint density at radius 3 is 1.15 bits per heavy atom. The van der Waals surface area contributed by atoms with Gasteiger partial charge in [0.1, 0.15) is 11.4 Å². The number of pyridine rings is 2. The Labute approximate surface area is 300 Å². The van der Waals surface area contributed by atoms with E-state index in [1.54, 1.807) is 0 Å². The van der Waals surface area contributed by atoms with E-state index in [1.165, 1.54) is 27.1 Å². The van der Waals surface area contributed by atoms with Crippen molar-refractivity contribution < 1.29 is 0 Å². The molecule has 0 fully saturated rings. The van der Waals surface area contributed by atoms with Crippen LogP contribution in [0.1, 0.15) is 16.7 Å². The van der Waals surface area contributed by atoms with Gasteiger partial charge in [0.05, 0.1) is 27.8 Å². The molecule has 0 radical (unpaired) electrons. The monoisotopic (exact) mass is 671 g/mol. The number of rotatable bonds is 5. The Hall–Kier alpha value is -6.86. The lowest BCUT2D eigenvalue weighted by Crippen LogP contribution is -2.07. The first-order chi connectivity index (χ1) is 25.5. The molecule has 10 rings (SSSR count). The molecule has 52 heavy (non-hydrogen) atoms. The van der Waals surface area contributed by atoms with Crippen molar-refractivity contribution in [1.82, 2.24) is 33.9 Å². The van der Waals surface area contributed by atoms with Gasteiger partial charge in [-0.05, 0) is 80.4 Å². The van der Waals surface area contributed by atoms with Gasteiger partial charge in [-0.2, -0.15) is 0 Å². The third-order valence-electron chi connectivity index (χ3n) is 10.1. The lowest BCUT2D eigenvalue weighted by atomic mass is 10.0. The summed E-state index contributed by atoms with van der Waals surface area (Å²) >= 11 is 0. The number of hydrogen-bond donors (Lipinski definition) is 0. The van der Waals surface area contributed by atoms with E-state index in [4.69, 9.17) is 20.2 Å². The van der Waals surface area contributed by atoms with E-state index in [9.17, 15) is 0 Å². The fraction of sp³-hybridized carbons (Fsp3) is 0.0667. The van der Waals surface area contributed by atoms with Crippen molar-refractivity contribution in [1.29, 1.82) is 0 Å². The van der Waals surface area contributed by atoms with Crippen LogP contribution in [0.2, 0.25) is 0 Å². The molecule has 7 nitrogen and oxygen atoms in total. The zero-order valence-corrected chi connectivity index (χ0v) is 29.0. The van der Waals surface area contributed by atoms with Crippen molar-refractivity contribution >= 4 is 43.6 Å². The predicted octanol–water partition coefficient (Wildman–Crippen LogP) is 10.5. The number of hydrogen-bond acceptors (Lipinski definition) is 4. The molecule has 0 spiro atoms. The lowest BCUT2D eigenvalue weighted by molar-refractivity contribution is 1.01. The Kier molecular flexibility index (Phi) is 6.70. The summed E-state index contributed by atoms with van der Waals surface area (Å²) in [5.74, 6) is 1.30. The third kappa shape index (κ3) is 4.52. The molecule has 0 N–H and O–H groups in total. The first kappa shape index (κ1) is 30.0. The van der Waals surface area contributed by atoms with E-state index in [1.807, 2.05) is 12.4 Å². The Morgan fingerprint density at radius 1 is 0.404 bits per heavy atom. The molecule has 10 aromatic rings. The second-order valence-electron chi connectivity index (χ2n) is 13.5. The highest BCUT2D eigenvalue weighted by Gasteiger charge is 2.24. The van der Waals surface area contributed by atoms with E-state index in [-0.39, 0.29) is 0 Å². The van der Waals surface area contributed by atoms with Crippen LogP contribution < -0.4 is 0 Å². The topological polar surface area (TPSA) is 66.3 Å². The van der Waals surface area contributed by atoms with Crippen LogP contribution in [0.5, 0.6) is 0 Å². The van der Waals surface area contributed by atoms with E-state index >= 15 is 0 Å². The maximum Gasteiger partial charge on any atom is 0.187 e. The highest BCUT2D eigenvalue weighted by Crippen LogP contribution is 2.36. The standard InChI is InChI=1S/C45H33N7/c1-28-24-29(2)43(30(3)25-28)52-44(37-26-31(20-22-46-37)50-39-16-8-4-12-33(39)34-13-5-9-17-40(34)50)48-49-45(52)38-27-32(21-23-47-38)51-41-18-10-6-14-35(41)36-15-7-11-19-42(36)51/h4-27H,1-3H3. The predicted molar refractivity (Wildman–Crippen MR) is 211 cm³/mol. The molecule has 0 atom stereocenters. The minimum absolute atomic E-state index is 0.650. The maximum atomic E-state index is 4.92. The van der Waals surface area contributed by atoms with Gasteiger partial charge >= 0.3 is 0 Å². The fourth-order valence-electron chi connectivity index (χ4n) is 8.12. The molecule has 0 saturated carbocycles. The molecule has 5 aromatic heterocycles. The molecule has 7 heteroatoms. The molecular formula is C45H33N7. The number of benzene rings is 5. The minimum atomic E-state index is 0.650. The fourth-order valence-corrected chi connectivity index (χ4v) is 8.12. The summed E-state index contributed by atoms with van der Waals surface area (Å²) in [6.07, 6.45) is 3.73. The minimum Gasteiger partial charge on any atom is -0.309 e. The number of aryl methyl sites for hydroxylation is 3. The summed E-state index contributed by atoms with van der Waals surface area (Å²) in [5, 5.41) is 14.6. The van der Waals surface area contributed by atoms with Crippen LogP contribution in [-0.2, 0) is 0 Å². The summed E-state index contributed by atoms with van der Waals surface area (Å²) < 4.78 is 6.74. The van der Waals surface area contributed by atoms with Gasteiger partial charge in [-0.15, -0.1) is 10.2 Å². The number of fused-ring (bicyclic) bond motifs is 6. The van der Waals surface area contributed by atoms with Gasteiger partial charge in [-0.1, -0.05) is 90.5 Å². The van der Waals surface area contributed by atoms with Crippen molar-refractivity contribution in [3.8, 4) is 40.1 Å². The van der Waals surface area contributed by atoms with Crippen molar-refractivity contribution in [2.75, 3.05) is 0 Å². The average molecular weight is 672 g/mol. The zero-order chi connectivity index (χ0) is 34.9. The van der Waals surface area contributed by atoms with E-state index < -0.39 is 0 Å². The molecule has 0 aliphatic carbocycles. The van der Waals surface area contributed by atoms with Gasteiger partial charge in [0.25, 0.3) is 0 Å². The molecule has 0 aliphatic heterocycles. The summed E-state index contributed by atoms with van der Waals surface area (Å²) in [6.45, 7) is 6.42. The van der Waals surface area contributed by atoms with Crippen LogP contribution in [0.4, 0.5) is 0 Å². The second-order valence-corrected chi connectivity index (χ2v) is 13.5.